The molecule has 6 heteroatoms. The smallest absolute Gasteiger partial charge is 0.401 e. The number of hydrogen-bond acceptors (Lipinski definition) is 3. The van der Waals surface area contributed by atoms with Crippen molar-refractivity contribution in [1.29, 1.82) is 0 Å². The van der Waals surface area contributed by atoms with Crippen LogP contribution in [0, 0.1) is 0 Å². The maximum absolute atomic E-state index is 11.9. The molecule has 0 N–H and O–H groups in total. The van der Waals surface area contributed by atoms with E-state index in [2.05, 4.69) is 0 Å². The van der Waals surface area contributed by atoms with Gasteiger partial charge in [0.15, 0.2) is 0 Å². The SMILES string of the molecule is O=C([O-])C1=CCC(C(F)(F)F)S1. The molecule has 0 aromatic rings. The number of rotatable bonds is 1. The van der Waals surface area contributed by atoms with Gasteiger partial charge in [0, 0.05) is 4.91 Å². The monoisotopic (exact) mass is 197 g/mol. The highest BCUT2D eigenvalue weighted by Gasteiger charge is 2.42. The van der Waals surface area contributed by atoms with Crippen LogP contribution in [0.2, 0.25) is 0 Å². The molecular formula is C6H4F3O2S-. The van der Waals surface area contributed by atoms with Gasteiger partial charge in [-0.05, 0) is 6.42 Å². The average molecular weight is 197 g/mol. The van der Waals surface area contributed by atoms with E-state index in [1.165, 1.54) is 0 Å². The van der Waals surface area contributed by atoms with Crippen molar-refractivity contribution in [2.75, 3.05) is 0 Å². The summed E-state index contributed by atoms with van der Waals surface area (Å²) in [4.78, 5) is 9.78. The van der Waals surface area contributed by atoms with Crippen LogP contribution in [0.15, 0.2) is 11.0 Å². The molecule has 0 aliphatic carbocycles. The molecule has 0 amide bonds. The summed E-state index contributed by atoms with van der Waals surface area (Å²) in [5, 5.41) is 8.49. The largest absolute Gasteiger partial charge is 0.544 e. The number of carboxylic acid groups (broad SMARTS) is 1. The van der Waals surface area contributed by atoms with Crippen molar-refractivity contribution in [2.24, 2.45) is 0 Å². The van der Waals surface area contributed by atoms with Crippen molar-refractivity contribution >= 4 is 17.7 Å². The van der Waals surface area contributed by atoms with Gasteiger partial charge in [0.25, 0.3) is 0 Å². The summed E-state index contributed by atoms with van der Waals surface area (Å²) in [6, 6.07) is 0. The number of carbonyl (C=O) groups excluding carboxylic acids is 1. The van der Waals surface area contributed by atoms with E-state index in [4.69, 9.17) is 0 Å². The van der Waals surface area contributed by atoms with Crippen LogP contribution in [0.3, 0.4) is 0 Å². The molecule has 1 aliphatic rings. The first-order chi connectivity index (χ1) is 5.41. The lowest BCUT2D eigenvalue weighted by Gasteiger charge is -2.13. The molecule has 2 nitrogen and oxygen atoms in total. The normalized spacial score (nSPS) is 23.9. The fourth-order valence-electron chi connectivity index (χ4n) is 0.795. The summed E-state index contributed by atoms with van der Waals surface area (Å²) in [6.07, 6.45) is -3.58. The van der Waals surface area contributed by atoms with Crippen LogP contribution in [0.5, 0.6) is 0 Å². The molecule has 1 rings (SSSR count). The zero-order chi connectivity index (χ0) is 9.35. The fourth-order valence-corrected chi connectivity index (χ4v) is 1.72. The number of allylic oxidation sites excluding steroid dienone is 1. The molecule has 1 unspecified atom stereocenters. The molecular weight excluding hydrogens is 193 g/mol. The van der Waals surface area contributed by atoms with Gasteiger partial charge in [-0.3, -0.25) is 0 Å². The van der Waals surface area contributed by atoms with Crippen LogP contribution in [0.4, 0.5) is 13.2 Å². The minimum atomic E-state index is -4.33. The van der Waals surface area contributed by atoms with Gasteiger partial charge in [-0.15, -0.1) is 11.8 Å². The number of halogens is 3. The van der Waals surface area contributed by atoms with Crippen LogP contribution in [-0.4, -0.2) is 17.4 Å². The van der Waals surface area contributed by atoms with Gasteiger partial charge in [-0.25, -0.2) is 0 Å². The molecule has 12 heavy (non-hydrogen) atoms. The standard InChI is InChI=1S/C6H5F3O2S/c7-6(8,9)4-2-1-3(12-4)5(10)11/h1,4H,2H2,(H,10,11)/p-1. The maximum Gasteiger partial charge on any atom is 0.401 e. The number of carbonyl (C=O) groups is 1. The Morgan fingerprint density at radius 3 is 2.50 bits per heavy atom. The third-order valence-corrected chi connectivity index (χ3v) is 2.68. The Hall–Kier alpha value is -0.650. The average Bonchev–Trinajstić information content (AvgIpc) is 2.30. The van der Waals surface area contributed by atoms with Gasteiger partial charge in [-0.1, -0.05) is 6.08 Å². The van der Waals surface area contributed by atoms with Gasteiger partial charge in [-0.2, -0.15) is 13.2 Å². The van der Waals surface area contributed by atoms with E-state index >= 15 is 0 Å². The first-order valence-corrected chi connectivity index (χ1v) is 3.94. The minimum Gasteiger partial charge on any atom is -0.544 e. The first-order valence-electron chi connectivity index (χ1n) is 3.06. The van der Waals surface area contributed by atoms with Gasteiger partial charge >= 0.3 is 6.18 Å². The number of alkyl halides is 3. The Bertz CT molecular complexity index is 233. The Labute approximate surface area is 70.4 Å². The molecule has 1 heterocycles. The Morgan fingerprint density at radius 2 is 2.25 bits per heavy atom. The summed E-state index contributed by atoms with van der Waals surface area (Å²) >= 11 is 0.300. The predicted molar refractivity (Wildman–Crippen MR) is 35.1 cm³/mol. The van der Waals surface area contributed by atoms with Crippen LogP contribution < -0.4 is 5.11 Å². The van der Waals surface area contributed by atoms with Gasteiger partial charge in [0.2, 0.25) is 0 Å². The van der Waals surface area contributed by atoms with Crippen molar-refractivity contribution in [2.45, 2.75) is 17.8 Å². The number of aliphatic carboxylic acids is 1. The van der Waals surface area contributed by atoms with E-state index in [1.54, 1.807) is 0 Å². The van der Waals surface area contributed by atoms with Gasteiger partial charge in [0.05, 0.1) is 5.97 Å². The number of thioether (sulfide) groups is 1. The van der Waals surface area contributed by atoms with E-state index in [-0.39, 0.29) is 11.3 Å². The third-order valence-electron chi connectivity index (χ3n) is 1.35. The summed E-state index contributed by atoms with van der Waals surface area (Å²) in [6.45, 7) is 0. The topological polar surface area (TPSA) is 40.1 Å². The van der Waals surface area contributed by atoms with E-state index in [0.29, 0.717) is 11.8 Å². The molecule has 1 atom stereocenters. The third kappa shape index (κ3) is 1.94. The van der Waals surface area contributed by atoms with Crippen molar-refractivity contribution in [3.8, 4) is 0 Å². The molecule has 68 valence electrons. The van der Waals surface area contributed by atoms with Crippen molar-refractivity contribution < 1.29 is 23.1 Å². The van der Waals surface area contributed by atoms with Crippen LogP contribution in [-0.2, 0) is 4.79 Å². The Kier molecular flexibility index (Phi) is 2.36. The lowest BCUT2D eigenvalue weighted by atomic mass is 10.3. The minimum absolute atomic E-state index is 0.280. The van der Waals surface area contributed by atoms with E-state index in [1.807, 2.05) is 0 Å². The number of hydrogen-bond donors (Lipinski definition) is 0. The van der Waals surface area contributed by atoms with Gasteiger partial charge in [0.1, 0.15) is 5.25 Å². The van der Waals surface area contributed by atoms with E-state index in [9.17, 15) is 23.1 Å². The molecule has 0 saturated heterocycles. The summed E-state index contributed by atoms with van der Waals surface area (Å²) in [7, 11) is 0. The molecule has 0 aromatic heterocycles. The summed E-state index contributed by atoms with van der Waals surface area (Å²) in [5.74, 6) is -1.54. The quantitative estimate of drug-likeness (QED) is 0.620. The Morgan fingerprint density at radius 1 is 1.67 bits per heavy atom. The molecule has 0 spiro atoms. The maximum atomic E-state index is 11.9. The van der Waals surface area contributed by atoms with Gasteiger partial charge < -0.3 is 9.90 Å². The second-order valence-corrected chi connectivity index (χ2v) is 3.48. The second kappa shape index (κ2) is 3.01. The zero-order valence-electron chi connectivity index (χ0n) is 5.72. The molecule has 0 bridgehead atoms. The first kappa shape index (κ1) is 9.44. The van der Waals surface area contributed by atoms with Crippen LogP contribution in [0.1, 0.15) is 6.42 Å². The highest BCUT2D eigenvalue weighted by Crippen LogP contribution is 2.41. The molecule has 0 aromatic carbocycles. The zero-order valence-corrected chi connectivity index (χ0v) is 6.54. The molecule has 0 fully saturated rings. The Balaban J connectivity index is 2.59. The summed E-state index contributed by atoms with van der Waals surface area (Å²) in [5.41, 5.74) is 0. The predicted octanol–water partition coefficient (Wildman–Crippen LogP) is 0.688. The fraction of sp³-hybridized carbons (Fsp3) is 0.500. The molecule has 0 radical (unpaired) electrons. The van der Waals surface area contributed by atoms with Crippen molar-refractivity contribution in [3.05, 3.63) is 11.0 Å². The van der Waals surface area contributed by atoms with Crippen LogP contribution in [0.25, 0.3) is 0 Å². The van der Waals surface area contributed by atoms with Crippen LogP contribution >= 0.6 is 11.8 Å². The lowest BCUT2D eigenvalue weighted by molar-refractivity contribution is -0.298. The van der Waals surface area contributed by atoms with E-state index < -0.39 is 17.4 Å². The number of carboxylic acids is 1. The van der Waals surface area contributed by atoms with Crippen molar-refractivity contribution in [3.63, 3.8) is 0 Å². The highest BCUT2D eigenvalue weighted by atomic mass is 32.2. The highest BCUT2D eigenvalue weighted by molar-refractivity contribution is 8.04. The second-order valence-electron chi connectivity index (χ2n) is 2.24. The lowest BCUT2D eigenvalue weighted by Crippen LogP contribution is -2.25. The molecule has 0 saturated carbocycles. The molecule has 1 aliphatic heterocycles. The summed E-state index contributed by atoms with van der Waals surface area (Å²) < 4.78 is 35.8. The van der Waals surface area contributed by atoms with Crippen molar-refractivity contribution in [1.82, 2.24) is 0 Å². The van der Waals surface area contributed by atoms with E-state index in [0.717, 1.165) is 6.08 Å².